The third kappa shape index (κ3) is 7.51. The Labute approximate surface area is 213 Å². The highest BCUT2D eigenvalue weighted by Gasteiger charge is 2.31. The highest BCUT2D eigenvalue weighted by Crippen LogP contribution is 2.27. The quantitative estimate of drug-likeness (QED) is 0.354. The second kappa shape index (κ2) is 11.5. The topological polar surface area (TPSA) is 80.9 Å². The molecule has 1 aromatic heterocycles. The van der Waals surface area contributed by atoms with Gasteiger partial charge in [-0.05, 0) is 77.6 Å². The molecule has 1 amide bonds. The molecule has 0 saturated heterocycles. The van der Waals surface area contributed by atoms with Crippen LogP contribution in [0.15, 0.2) is 54.7 Å². The van der Waals surface area contributed by atoms with Gasteiger partial charge in [0.05, 0.1) is 6.61 Å². The third-order valence-electron chi connectivity index (χ3n) is 5.69. The van der Waals surface area contributed by atoms with E-state index in [9.17, 15) is 9.59 Å². The number of H-pyrrole nitrogens is 1. The molecule has 0 bridgehead atoms. The third-order valence-corrected chi connectivity index (χ3v) is 5.69. The van der Waals surface area contributed by atoms with E-state index in [0.29, 0.717) is 31.9 Å². The molecule has 3 aromatic rings. The van der Waals surface area contributed by atoms with Crippen molar-refractivity contribution in [3.8, 4) is 5.75 Å². The number of amides is 1. The van der Waals surface area contributed by atoms with Crippen molar-refractivity contribution in [2.75, 3.05) is 19.7 Å². The van der Waals surface area contributed by atoms with Crippen LogP contribution in [-0.2, 0) is 27.1 Å². The first-order chi connectivity index (χ1) is 17.0. The van der Waals surface area contributed by atoms with Gasteiger partial charge < -0.3 is 24.1 Å². The van der Waals surface area contributed by atoms with Gasteiger partial charge in [0.1, 0.15) is 11.4 Å². The Bertz CT molecular complexity index is 1160. The standard InChI is InChI=1S/C29H38N2O5/c1-7-34-26(32)29(5,6)35-23-13-14-24-22(20-30-25(24)19-23)16-18-31(27(33)36-28(2,3)4)17-15-21-11-9-8-10-12-21/h8-14,19-20,30H,7,15-18H2,1-6H3. The maximum atomic E-state index is 12.9. The van der Waals surface area contributed by atoms with E-state index < -0.39 is 17.2 Å². The lowest BCUT2D eigenvalue weighted by Gasteiger charge is -2.27. The van der Waals surface area contributed by atoms with E-state index in [2.05, 4.69) is 17.1 Å². The summed E-state index contributed by atoms with van der Waals surface area (Å²) in [6.45, 7) is 12.2. The van der Waals surface area contributed by atoms with Gasteiger partial charge in [0.15, 0.2) is 5.60 Å². The highest BCUT2D eigenvalue weighted by molar-refractivity contribution is 5.85. The average molecular weight is 495 g/mol. The van der Waals surface area contributed by atoms with Crippen LogP contribution in [0.5, 0.6) is 5.75 Å². The van der Waals surface area contributed by atoms with Crippen molar-refractivity contribution in [1.82, 2.24) is 9.88 Å². The first kappa shape index (κ1) is 27.1. The molecule has 0 radical (unpaired) electrons. The summed E-state index contributed by atoms with van der Waals surface area (Å²) in [5, 5.41) is 1.04. The zero-order chi connectivity index (χ0) is 26.3. The Balaban J connectivity index is 1.71. The smallest absolute Gasteiger partial charge is 0.410 e. The van der Waals surface area contributed by atoms with Gasteiger partial charge in [-0.15, -0.1) is 0 Å². The lowest BCUT2D eigenvalue weighted by Crippen LogP contribution is -2.39. The summed E-state index contributed by atoms with van der Waals surface area (Å²) in [6, 6.07) is 15.8. The van der Waals surface area contributed by atoms with Crippen LogP contribution >= 0.6 is 0 Å². The molecule has 1 heterocycles. The molecule has 0 saturated carbocycles. The molecular formula is C29H38N2O5. The molecule has 3 rings (SSSR count). The number of nitrogens with one attached hydrogen (secondary N) is 1. The molecule has 194 valence electrons. The van der Waals surface area contributed by atoms with E-state index in [1.54, 1.807) is 25.7 Å². The maximum absolute atomic E-state index is 12.9. The largest absolute Gasteiger partial charge is 0.476 e. The van der Waals surface area contributed by atoms with Crippen molar-refractivity contribution in [2.45, 2.75) is 65.6 Å². The van der Waals surface area contributed by atoms with Crippen LogP contribution in [0.3, 0.4) is 0 Å². The summed E-state index contributed by atoms with van der Waals surface area (Å²) in [5.74, 6) is 0.169. The predicted molar refractivity (Wildman–Crippen MR) is 141 cm³/mol. The highest BCUT2D eigenvalue weighted by atomic mass is 16.6. The molecule has 2 aromatic carbocycles. The lowest BCUT2D eigenvalue weighted by molar-refractivity contribution is -0.158. The Kier molecular flexibility index (Phi) is 8.66. The zero-order valence-corrected chi connectivity index (χ0v) is 22.2. The van der Waals surface area contributed by atoms with Gasteiger partial charge in [-0.2, -0.15) is 0 Å². The molecule has 7 nitrogen and oxygen atoms in total. The normalized spacial score (nSPS) is 11.8. The molecular weight excluding hydrogens is 456 g/mol. The van der Waals surface area contributed by atoms with Crippen molar-refractivity contribution < 1.29 is 23.8 Å². The van der Waals surface area contributed by atoms with Crippen LogP contribution in [0.25, 0.3) is 10.9 Å². The fourth-order valence-electron chi connectivity index (χ4n) is 3.86. The molecule has 36 heavy (non-hydrogen) atoms. The number of carbonyl (C=O) groups excluding carboxylic acids is 2. The number of fused-ring (bicyclic) bond motifs is 1. The Hall–Kier alpha value is -3.48. The van der Waals surface area contributed by atoms with Crippen molar-refractivity contribution in [3.63, 3.8) is 0 Å². The SMILES string of the molecule is CCOC(=O)C(C)(C)Oc1ccc2c(CCN(CCc3ccccc3)C(=O)OC(C)(C)C)c[nH]c2c1. The fourth-order valence-corrected chi connectivity index (χ4v) is 3.86. The zero-order valence-electron chi connectivity index (χ0n) is 22.2. The maximum Gasteiger partial charge on any atom is 0.410 e. The number of hydrogen-bond acceptors (Lipinski definition) is 5. The van der Waals surface area contributed by atoms with Gasteiger partial charge in [0, 0.05) is 36.3 Å². The monoisotopic (exact) mass is 494 g/mol. The predicted octanol–water partition coefficient (Wildman–Crippen LogP) is 5.91. The number of nitrogens with zero attached hydrogens (tertiary/aromatic N) is 1. The molecule has 1 N–H and O–H groups in total. The van der Waals surface area contributed by atoms with Crippen molar-refractivity contribution in [2.24, 2.45) is 0 Å². The molecule has 0 aliphatic carbocycles. The van der Waals surface area contributed by atoms with Gasteiger partial charge >= 0.3 is 12.1 Å². The first-order valence-electron chi connectivity index (χ1n) is 12.5. The molecule has 0 unspecified atom stereocenters. The number of aromatic amines is 1. The Morgan fingerprint density at radius 3 is 2.31 bits per heavy atom. The first-order valence-corrected chi connectivity index (χ1v) is 12.5. The van der Waals surface area contributed by atoms with Gasteiger partial charge in [-0.1, -0.05) is 30.3 Å². The van der Waals surface area contributed by atoms with E-state index >= 15 is 0 Å². The van der Waals surface area contributed by atoms with Crippen molar-refractivity contribution >= 4 is 23.0 Å². The fraction of sp³-hybridized carbons (Fsp3) is 0.448. The molecule has 0 aliphatic heterocycles. The minimum Gasteiger partial charge on any atom is -0.476 e. The van der Waals surface area contributed by atoms with Crippen LogP contribution < -0.4 is 4.74 Å². The number of hydrogen-bond donors (Lipinski definition) is 1. The molecule has 0 spiro atoms. The summed E-state index contributed by atoms with van der Waals surface area (Å²) >= 11 is 0. The van der Waals surface area contributed by atoms with Crippen LogP contribution in [-0.4, -0.2) is 52.8 Å². The van der Waals surface area contributed by atoms with Crippen molar-refractivity contribution in [3.05, 3.63) is 65.9 Å². The number of carbonyl (C=O) groups is 2. The number of esters is 1. The summed E-state index contributed by atoms with van der Waals surface area (Å²) in [5.41, 5.74) is 1.52. The Morgan fingerprint density at radius 1 is 0.944 bits per heavy atom. The van der Waals surface area contributed by atoms with E-state index in [4.69, 9.17) is 14.2 Å². The Morgan fingerprint density at radius 2 is 1.64 bits per heavy atom. The van der Waals surface area contributed by atoms with Crippen LogP contribution in [0.2, 0.25) is 0 Å². The number of aromatic nitrogens is 1. The van der Waals surface area contributed by atoms with Crippen LogP contribution in [0, 0.1) is 0 Å². The molecule has 0 atom stereocenters. The molecule has 0 aliphatic rings. The molecule has 0 fully saturated rings. The van der Waals surface area contributed by atoms with E-state index in [1.165, 1.54) is 5.56 Å². The summed E-state index contributed by atoms with van der Waals surface area (Å²) < 4.78 is 16.7. The van der Waals surface area contributed by atoms with E-state index in [1.807, 2.05) is 63.4 Å². The average Bonchev–Trinajstić information content (AvgIpc) is 3.20. The van der Waals surface area contributed by atoms with E-state index in [-0.39, 0.29) is 6.09 Å². The van der Waals surface area contributed by atoms with Gasteiger partial charge in [0.2, 0.25) is 0 Å². The number of benzene rings is 2. The van der Waals surface area contributed by atoms with E-state index in [0.717, 1.165) is 22.9 Å². The van der Waals surface area contributed by atoms with Crippen molar-refractivity contribution in [1.29, 1.82) is 0 Å². The number of ether oxygens (including phenoxy) is 3. The summed E-state index contributed by atoms with van der Waals surface area (Å²) in [7, 11) is 0. The van der Waals surface area contributed by atoms with Gasteiger partial charge in [-0.3, -0.25) is 0 Å². The molecule has 7 heteroatoms. The van der Waals surface area contributed by atoms with Gasteiger partial charge in [0.25, 0.3) is 0 Å². The van der Waals surface area contributed by atoms with Crippen LogP contribution in [0.4, 0.5) is 4.79 Å². The van der Waals surface area contributed by atoms with Crippen LogP contribution in [0.1, 0.15) is 52.7 Å². The number of rotatable bonds is 10. The van der Waals surface area contributed by atoms with Gasteiger partial charge in [-0.25, -0.2) is 9.59 Å². The lowest BCUT2D eigenvalue weighted by atomic mass is 10.1. The second-order valence-electron chi connectivity index (χ2n) is 10.3. The summed E-state index contributed by atoms with van der Waals surface area (Å²) in [6.07, 6.45) is 3.07. The minimum absolute atomic E-state index is 0.302. The summed E-state index contributed by atoms with van der Waals surface area (Å²) in [4.78, 5) is 30.2. The minimum atomic E-state index is -1.09. The second-order valence-corrected chi connectivity index (χ2v) is 10.3.